The molecule has 4 rings (SSSR count). The number of ether oxygens (including phenoxy) is 1. The van der Waals surface area contributed by atoms with Gasteiger partial charge in [0, 0.05) is 17.6 Å². The summed E-state index contributed by atoms with van der Waals surface area (Å²) in [5.74, 6) is 1.57. The van der Waals surface area contributed by atoms with Crippen molar-refractivity contribution in [3.63, 3.8) is 0 Å². The molecule has 4 aromatic rings. The third-order valence-corrected chi connectivity index (χ3v) is 3.76. The van der Waals surface area contributed by atoms with E-state index in [1.165, 1.54) is 0 Å². The lowest BCUT2D eigenvalue weighted by atomic mass is 10.2. The Labute approximate surface area is 141 Å². The van der Waals surface area contributed by atoms with E-state index < -0.39 is 0 Å². The fraction of sp³-hybridized carbons (Fsp3) is 0.125. The molecule has 0 saturated heterocycles. The second kappa shape index (κ2) is 5.93. The van der Waals surface area contributed by atoms with E-state index >= 15 is 0 Å². The number of nitrogens with zero attached hydrogens (tertiary/aromatic N) is 5. The molecule has 0 unspecified atom stereocenters. The van der Waals surface area contributed by atoms with Crippen LogP contribution in [0.25, 0.3) is 22.4 Å². The van der Waals surface area contributed by atoms with Gasteiger partial charge in [-0.2, -0.15) is 4.98 Å². The molecule has 0 radical (unpaired) electrons. The topological polar surface area (TPSA) is 78.9 Å². The summed E-state index contributed by atoms with van der Waals surface area (Å²) in [4.78, 5) is 4.36. The second-order valence-electron chi connectivity index (χ2n) is 5.17. The normalized spacial score (nSPS) is 11.1. The van der Waals surface area contributed by atoms with E-state index in [4.69, 9.17) is 20.9 Å². The van der Waals surface area contributed by atoms with Gasteiger partial charge in [-0.15, -0.1) is 5.10 Å². The molecule has 0 atom stereocenters. The van der Waals surface area contributed by atoms with E-state index in [1.807, 2.05) is 25.2 Å². The molecule has 0 N–H and O–H groups in total. The Morgan fingerprint density at radius 2 is 2.00 bits per heavy atom. The van der Waals surface area contributed by atoms with E-state index in [2.05, 4.69) is 20.5 Å². The van der Waals surface area contributed by atoms with E-state index in [1.54, 1.807) is 28.9 Å². The van der Waals surface area contributed by atoms with E-state index in [0.29, 0.717) is 22.5 Å². The lowest BCUT2D eigenvalue weighted by molar-refractivity contribution is 0.243. The Bertz CT molecular complexity index is 993. The van der Waals surface area contributed by atoms with Gasteiger partial charge >= 0.3 is 0 Å². The van der Waals surface area contributed by atoms with Crippen LogP contribution in [0.5, 0.6) is 5.75 Å². The molecule has 0 aliphatic rings. The maximum absolute atomic E-state index is 5.84. The van der Waals surface area contributed by atoms with Crippen LogP contribution in [0.15, 0.2) is 47.0 Å². The summed E-state index contributed by atoms with van der Waals surface area (Å²) in [6.07, 6.45) is 0. The van der Waals surface area contributed by atoms with E-state index in [-0.39, 0.29) is 6.61 Å². The van der Waals surface area contributed by atoms with Crippen molar-refractivity contribution in [2.24, 2.45) is 7.05 Å². The average molecular weight is 342 g/mol. The first-order chi connectivity index (χ1) is 11.7. The van der Waals surface area contributed by atoms with Gasteiger partial charge in [-0.25, -0.2) is 4.68 Å². The highest BCUT2D eigenvalue weighted by Crippen LogP contribution is 2.21. The summed E-state index contributed by atoms with van der Waals surface area (Å²) >= 11 is 5.84. The maximum atomic E-state index is 5.84. The first-order valence-corrected chi connectivity index (χ1v) is 7.57. The van der Waals surface area contributed by atoms with Crippen molar-refractivity contribution in [2.45, 2.75) is 6.61 Å². The minimum absolute atomic E-state index is 0.185. The molecule has 0 aliphatic heterocycles. The predicted molar refractivity (Wildman–Crippen MR) is 87.6 cm³/mol. The fourth-order valence-electron chi connectivity index (χ4n) is 2.28. The molecule has 2 aromatic heterocycles. The number of aryl methyl sites for hydroxylation is 1. The molecule has 2 aromatic carbocycles. The fourth-order valence-corrected chi connectivity index (χ4v) is 2.40. The Kier molecular flexibility index (Phi) is 3.62. The van der Waals surface area contributed by atoms with Crippen LogP contribution < -0.4 is 4.74 Å². The number of benzene rings is 2. The summed E-state index contributed by atoms with van der Waals surface area (Å²) in [6, 6.07) is 12.8. The third kappa shape index (κ3) is 2.81. The van der Waals surface area contributed by atoms with Crippen LogP contribution in [0.1, 0.15) is 5.89 Å². The van der Waals surface area contributed by atoms with Crippen molar-refractivity contribution in [3.05, 3.63) is 53.4 Å². The SMILES string of the molecule is Cn1nnc2ccc(-c3noc(COc4ccc(Cl)cc4)n3)cc21. The summed E-state index contributed by atoms with van der Waals surface area (Å²) in [7, 11) is 1.83. The molecule has 0 fully saturated rings. The van der Waals surface area contributed by atoms with Crippen molar-refractivity contribution in [3.8, 4) is 17.1 Å². The van der Waals surface area contributed by atoms with Crippen LogP contribution in [-0.4, -0.2) is 25.1 Å². The highest BCUT2D eigenvalue weighted by atomic mass is 35.5. The molecule has 0 bridgehead atoms. The van der Waals surface area contributed by atoms with Crippen LogP contribution in [0.4, 0.5) is 0 Å². The first-order valence-electron chi connectivity index (χ1n) is 7.20. The number of fused-ring (bicyclic) bond motifs is 1. The second-order valence-corrected chi connectivity index (χ2v) is 5.61. The van der Waals surface area contributed by atoms with Crippen LogP contribution in [0, 0.1) is 0 Å². The lowest BCUT2D eigenvalue weighted by Gasteiger charge is -2.02. The van der Waals surface area contributed by atoms with Crippen molar-refractivity contribution >= 4 is 22.6 Å². The molecular formula is C16H12ClN5O2. The molecule has 0 spiro atoms. The van der Waals surface area contributed by atoms with Gasteiger partial charge < -0.3 is 9.26 Å². The van der Waals surface area contributed by atoms with Crippen molar-refractivity contribution in [2.75, 3.05) is 0 Å². The molecule has 7 nitrogen and oxygen atoms in total. The highest BCUT2D eigenvalue weighted by molar-refractivity contribution is 6.30. The number of rotatable bonds is 4. The quantitative estimate of drug-likeness (QED) is 0.567. The first kappa shape index (κ1) is 14.6. The van der Waals surface area contributed by atoms with Gasteiger partial charge in [0.05, 0.1) is 5.52 Å². The third-order valence-electron chi connectivity index (χ3n) is 3.51. The molecular weight excluding hydrogens is 330 g/mol. The maximum Gasteiger partial charge on any atom is 0.264 e. The molecule has 120 valence electrons. The smallest absolute Gasteiger partial charge is 0.264 e. The van der Waals surface area contributed by atoms with Crippen LogP contribution in [-0.2, 0) is 13.7 Å². The van der Waals surface area contributed by atoms with Gasteiger partial charge in [0.1, 0.15) is 11.3 Å². The van der Waals surface area contributed by atoms with Crippen LogP contribution >= 0.6 is 11.6 Å². The molecule has 2 heterocycles. The zero-order chi connectivity index (χ0) is 16.5. The molecule has 0 aliphatic carbocycles. The Morgan fingerprint density at radius 3 is 2.83 bits per heavy atom. The number of halogens is 1. The molecule has 24 heavy (non-hydrogen) atoms. The monoisotopic (exact) mass is 341 g/mol. The van der Waals surface area contributed by atoms with Gasteiger partial charge in [-0.3, -0.25) is 0 Å². The van der Waals surface area contributed by atoms with Crippen LogP contribution in [0.2, 0.25) is 5.02 Å². The zero-order valence-corrected chi connectivity index (χ0v) is 13.4. The standard InChI is InChI=1S/C16H12ClN5O2/c1-22-14-8-10(2-7-13(14)19-21-22)16-18-15(24-20-16)9-23-12-5-3-11(17)4-6-12/h2-8H,9H2,1H3. The van der Waals surface area contributed by atoms with Crippen molar-refractivity contribution in [1.82, 2.24) is 25.1 Å². The number of hydrogen-bond donors (Lipinski definition) is 0. The largest absolute Gasteiger partial charge is 0.484 e. The van der Waals surface area contributed by atoms with Gasteiger partial charge in [-0.05, 0) is 42.5 Å². The molecule has 8 heteroatoms. The minimum Gasteiger partial charge on any atom is -0.484 e. The Balaban J connectivity index is 1.52. The van der Waals surface area contributed by atoms with Gasteiger partial charge in [0.25, 0.3) is 5.89 Å². The van der Waals surface area contributed by atoms with Crippen LogP contribution in [0.3, 0.4) is 0 Å². The zero-order valence-electron chi connectivity index (χ0n) is 12.7. The lowest BCUT2D eigenvalue weighted by Crippen LogP contribution is -1.95. The Hall–Kier alpha value is -2.93. The molecule has 0 amide bonds. The highest BCUT2D eigenvalue weighted by Gasteiger charge is 2.11. The summed E-state index contributed by atoms with van der Waals surface area (Å²) in [5, 5.41) is 12.7. The predicted octanol–water partition coefficient (Wildman–Crippen LogP) is 3.25. The number of hydrogen-bond acceptors (Lipinski definition) is 6. The summed E-state index contributed by atoms with van der Waals surface area (Å²) in [6.45, 7) is 0.185. The van der Waals surface area contributed by atoms with Crippen molar-refractivity contribution < 1.29 is 9.26 Å². The average Bonchev–Trinajstić information content (AvgIpc) is 3.21. The Morgan fingerprint density at radius 1 is 1.17 bits per heavy atom. The van der Waals surface area contributed by atoms with E-state index in [0.717, 1.165) is 16.6 Å². The van der Waals surface area contributed by atoms with E-state index in [9.17, 15) is 0 Å². The van der Waals surface area contributed by atoms with Gasteiger partial charge in [-0.1, -0.05) is 22.0 Å². The molecule has 0 saturated carbocycles. The summed E-state index contributed by atoms with van der Waals surface area (Å²) in [5.41, 5.74) is 2.54. The minimum atomic E-state index is 0.185. The number of aromatic nitrogens is 5. The van der Waals surface area contributed by atoms with Gasteiger partial charge in [0.15, 0.2) is 6.61 Å². The van der Waals surface area contributed by atoms with Gasteiger partial charge in [0.2, 0.25) is 5.82 Å². The van der Waals surface area contributed by atoms with Crippen molar-refractivity contribution in [1.29, 1.82) is 0 Å². The summed E-state index contributed by atoms with van der Waals surface area (Å²) < 4.78 is 12.5.